The monoisotopic (exact) mass is 227 g/mol. The molecule has 1 aromatic rings. The lowest BCUT2D eigenvalue weighted by Gasteiger charge is -2.07. The molecular formula is C11H18ClN3. The molecule has 1 aromatic heterocycles. The third-order valence-electron chi connectivity index (χ3n) is 2.12. The lowest BCUT2D eigenvalue weighted by Crippen LogP contribution is -2.06. The van der Waals surface area contributed by atoms with E-state index in [-0.39, 0.29) is 0 Å². The molecule has 3 nitrogen and oxygen atoms in total. The fourth-order valence-electron chi connectivity index (χ4n) is 1.34. The maximum absolute atomic E-state index is 5.60. The highest BCUT2D eigenvalue weighted by atomic mass is 35.5. The number of hydrogen-bond donors (Lipinski definition) is 1. The van der Waals surface area contributed by atoms with Crippen LogP contribution in [0.5, 0.6) is 0 Å². The molecule has 0 atom stereocenters. The number of nitrogens with zero attached hydrogens (tertiary/aromatic N) is 2. The van der Waals surface area contributed by atoms with Gasteiger partial charge < -0.3 is 5.32 Å². The van der Waals surface area contributed by atoms with E-state index in [4.69, 9.17) is 11.6 Å². The Kier molecular flexibility index (Phi) is 5.40. The molecule has 15 heavy (non-hydrogen) atoms. The number of anilines is 1. The summed E-state index contributed by atoms with van der Waals surface area (Å²) < 4.78 is 0. The van der Waals surface area contributed by atoms with Crippen molar-refractivity contribution >= 4 is 17.4 Å². The van der Waals surface area contributed by atoms with Gasteiger partial charge in [-0.1, -0.05) is 6.92 Å². The maximum Gasteiger partial charge on any atom is 0.129 e. The molecule has 0 radical (unpaired) electrons. The standard InChI is InChI=1S/C11H18ClN3/c1-3-10-8-11(15-9(2)14-10)13-7-5-4-6-12/h8H,3-7H2,1-2H3,(H,13,14,15). The van der Waals surface area contributed by atoms with Gasteiger partial charge in [0.25, 0.3) is 0 Å². The van der Waals surface area contributed by atoms with Crippen LogP contribution in [0, 0.1) is 6.92 Å². The first-order valence-electron chi connectivity index (χ1n) is 5.40. The molecule has 0 spiro atoms. The van der Waals surface area contributed by atoms with Crippen molar-refractivity contribution in [2.24, 2.45) is 0 Å². The van der Waals surface area contributed by atoms with Gasteiger partial charge in [0, 0.05) is 24.2 Å². The third kappa shape index (κ3) is 4.47. The van der Waals surface area contributed by atoms with Crippen LogP contribution in [0.2, 0.25) is 0 Å². The predicted molar refractivity (Wildman–Crippen MR) is 64.6 cm³/mol. The van der Waals surface area contributed by atoms with Crippen molar-refractivity contribution in [1.82, 2.24) is 9.97 Å². The molecule has 0 unspecified atom stereocenters. The summed E-state index contributed by atoms with van der Waals surface area (Å²) >= 11 is 5.60. The zero-order valence-corrected chi connectivity index (χ0v) is 10.1. The molecule has 4 heteroatoms. The van der Waals surface area contributed by atoms with Crippen LogP contribution in [-0.2, 0) is 6.42 Å². The van der Waals surface area contributed by atoms with Crippen LogP contribution in [-0.4, -0.2) is 22.4 Å². The first-order chi connectivity index (χ1) is 7.26. The van der Waals surface area contributed by atoms with Crippen LogP contribution >= 0.6 is 11.6 Å². The van der Waals surface area contributed by atoms with Crippen molar-refractivity contribution in [2.75, 3.05) is 17.7 Å². The van der Waals surface area contributed by atoms with Crippen LogP contribution in [0.1, 0.15) is 31.3 Å². The highest BCUT2D eigenvalue weighted by Crippen LogP contribution is 2.07. The Morgan fingerprint density at radius 2 is 2.13 bits per heavy atom. The van der Waals surface area contributed by atoms with Gasteiger partial charge in [0.2, 0.25) is 0 Å². The summed E-state index contributed by atoms with van der Waals surface area (Å²) in [4.78, 5) is 8.65. The molecule has 1 rings (SSSR count). The van der Waals surface area contributed by atoms with Crippen LogP contribution in [0.3, 0.4) is 0 Å². The molecule has 0 aromatic carbocycles. The minimum Gasteiger partial charge on any atom is -0.370 e. The second kappa shape index (κ2) is 6.62. The van der Waals surface area contributed by atoms with Crippen molar-refractivity contribution in [3.05, 3.63) is 17.6 Å². The normalized spacial score (nSPS) is 10.3. The number of aromatic nitrogens is 2. The molecule has 0 bridgehead atoms. The molecule has 0 amide bonds. The molecule has 0 saturated heterocycles. The Bertz CT molecular complexity index is 302. The van der Waals surface area contributed by atoms with Crippen LogP contribution in [0.25, 0.3) is 0 Å². The van der Waals surface area contributed by atoms with Gasteiger partial charge in [-0.05, 0) is 26.2 Å². The number of halogens is 1. The largest absolute Gasteiger partial charge is 0.370 e. The molecule has 0 aliphatic carbocycles. The summed E-state index contributed by atoms with van der Waals surface area (Å²) in [7, 11) is 0. The number of nitrogens with one attached hydrogen (secondary N) is 1. The van der Waals surface area contributed by atoms with E-state index < -0.39 is 0 Å². The first kappa shape index (κ1) is 12.2. The molecular weight excluding hydrogens is 210 g/mol. The van der Waals surface area contributed by atoms with Crippen LogP contribution in [0.4, 0.5) is 5.82 Å². The third-order valence-corrected chi connectivity index (χ3v) is 2.39. The van der Waals surface area contributed by atoms with Gasteiger partial charge in [-0.15, -0.1) is 11.6 Å². The Labute approximate surface area is 96.3 Å². The van der Waals surface area contributed by atoms with Crippen LogP contribution in [0.15, 0.2) is 6.07 Å². The smallest absolute Gasteiger partial charge is 0.129 e. The van der Waals surface area contributed by atoms with E-state index in [1.165, 1.54) is 0 Å². The summed E-state index contributed by atoms with van der Waals surface area (Å²) in [5, 5.41) is 3.29. The van der Waals surface area contributed by atoms with Crippen molar-refractivity contribution in [3.63, 3.8) is 0 Å². The Morgan fingerprint density at radius 3 is 2.80 bits per heavy atom. The van der Waals surface area contributed by atoms with Gasteiger partial charge >= 0.3 is 0 Å². The maximum atomic E-state index is 5.60. The van der Waals surface area contributed by atoms with E-state index in [0.29, 0.717) is 0 Å². The zero-order valence-electron chi connectivity index (χ0n) is 9.39. The second-order valence-electron chi connectivity index (χ2n) is 3.47. The van der Waals surface area contributed by atoms with Crippen LogP contribution < -0.4 is 5.32 Å². The van der Waals surface area contributed by atoms with Crippen molar-refractivity contribution < 1.29 is 0 Å². The minimum absolute atomic E-state index is 0.727. The van der Waals surface area contributed by atoms with E-state index in [1.807, 2.05) is 13.0 Å². The Balaban J connectivity index is 2.49. The Hall–Kier alpha value is -0.830. The molecule has 0 fully saturated rings. The highest BCUT2D eigenvalue weighted by Gasteiger charge is 1.99. The van der Waals surface area contributed by atoms with Crippen molar-refractivity contribution in [2.45, 2.75) is 33.1 Å². The van der Waals surface area contributed by atoms with E-state index in [0.717, 1.165) is 49.0 Å². The zero-order chi connectivity index (χ0) is 11.1. The van der Waals surface area contributed by atoms with Crippen molar-refractivity contribution in [1.29, 1.82) is 0 Å². The predicted octanol–water partition coefficient (Wildman–Crippen LogP) is 2.78. The van der Waals surface area contributed by atoms with E-state index in [9.17, 15) is 0 Å². The number of aryl methyl sites for hydroxylation is 2. The topological polar surface area (TPSA) is 37.8 Å². The van der Waals surface area contributed by atoms with Gasteiger partial charge in [-0.3, -0.25) is 0 Å². The number of hydrogen-bond acceptors (Lipinski definition) is 3. The summed E-state index contributed by atoms with van der Waals surface area (Å²) in [5.74, 6) is 2.48. The molecule has 1 N–H and O–H groups in total. The average Bonchev–Trinajstić information content (AvgIpc) is 2.23. The van der Waals surface area contributed by atoms with Gasteiger partial charge in [-0.2, -0.15) is 0 Å². The van der Waals surface area contributed by atoms with Gasteiger partial charge in [0.05, 0.1) is 0 Å². The Morgan fingerprint density at radius 1 is 1.33 bits per heavy atom. The molecule has 1 heterocycles. The fraction of sp³-hybridized carbons (Fsp3) is 0.636. The molecule has 0 aliphatic heterocycles. The molecule has 84 valence electrons. The van der Waals surface area contributed by atoms with E-state index in [1.54, 1.807) is 0 Å². The number of unbranched alkanes of at least 4 members (excludes halogenated alkanes) is 1. The molecule has 0 aliphatic rings. The molecule has 0 saturated carbocycles. The number of rotatable bonds is 6. The van der Waals surface area contributed by atoms with E-state index in [2.05, 4.69) is 22.2 Å². The van der Waals surface area contributed by atoms with Gasteiger partial charge in [0.1, 0.15) is 11.6 Å². The quantitative estimate of drug-likeness (QED) is 0.600. The lowest BCUT2D eigenvalue weighted by molar-refractivity contribution is 0.831. The van der Waals surface area contributed by atoms with E-state index >= 15 is 0 Å². The average molecular weight is 228 g/mol. The highest BCUT2D eigenvalue weighted by molar-refractivity contribution is 6.17. The minimum atomic E-state index is 0.727. The summed E-state index contributed by atoms with van der Waals surface area (Å²) in [5.41, 5.74) is 1.09. The summed E-state index contributed by atoms with van der Waals surface area (Å²) in [6.45, 7) is 4.94. The lowest BCUT2D eigenvalue weighted by atomic mass is 10.3. The van der Waals surface area contributed by atoms with Crippen molar-refractivity contribution in [3.8, 4) is 0 Å². The first-order valence-corrected chi connectivity index (χ1v) is 5.94. The summed E-state index contributed by atoms with van der Waals surface area (Å²) in [6, 6.07) is 2.01. The van der Waals surface area contributed by atoms with Gasteiger partial charge in [-0.25, -0.2) is 9.97 Å². The number of alkyl halides is 1. The SMILES string of the molecule is CCc1cc(NCCCCCl)nc(C)n1. The fourth-order valence-corrected chi connectivity index (χ4v) is 1.53. The second-order valence-corrected chi connectivity index (χ2v) is 3.85. The summed E-state index contributed by atoms with van der Waals surface area (Å²) in [6.07, 6.45) is 3.06. The van der Waals surface area contributed by atoms with Gasteiger partial charge in [0.15, 0.2) is 0 Å².